The lowest BCUT2D eigenvalue weighted by Gasteiger charge is -2.38. The van der Waals surface area contributed by atoms with Crippen molar-refractivity contribution >= 4 is 17.3 Å². The molecule has 0 bridgehead atoms. The molecule has 5 unspecified atom stereocenters. The Labute approximate surface area is 184 Å². The van der Waals surface area contributed by atoms with Gasteiger partial charge in [0.1, 0.15) is 24.4 Å². The van der Waals surface area contributed by atoms with Gasteiger partial charge < -0.3 is 23.7 Å². The summed E-state index contributed by atoms with van der Waals surface area (Å²) in [4.78, 5) is 22.5. The summed E-state index contributed by atoms with van der Waals surface area (Å²) in [7, 11) is 0. The smallest absolute Gasteiger partial charge is 0.269 e. The highest BCUT2D eigenvalue weighted by atomic mass is 16.9. The highest BCUT2D eigenvalue weighted by molar-refractivity contribution is 5.72. The molecule has 1 amide bonds. The number of nitro benzene ring substituents is 1. The van der Waals surface area contributed by atoms with Crippen molar-refractivity contribution in [2.75, 3.05) is 6.54 Å². The number of ether oxygens (including phenoxy) is 5. The van der Waals surface area contributed by atoms with Crippen LogP contribution in [0.25, 0.3) is 0 Å². The Morgan fingerprint density at radius 3 is 2.25 bits per heavy atom. The summed E-state index contributed by atoms with van der Waals surface area (Å²) in [5.74, 6) is -2.07. The van der Waals surface area contributed by atoms with Crippen LogP contribution in [0.2, 0.25) is 0 Å². The van der Waals surface area contributed by atoms with E-state index in [0.717, 1.165) is 5.01 Å². The first kappa shape index (κ1) is 22.7. The number of carbonyl (C=O) groups is 1. The minimum atomic E-state index is -0.858. The number of rotatable bonds is 5. The molecule has 0 aliphatic carbocycles. The standard InChI is InChI=1S/C20H26N4O8/c1-11(25)23(22-21-12-6-8-13(9-7-12)24(26)27)10-14-15-16(30-19(2,3)29-15)17-18(28-14)32-20(4,5)31-17/h6-9,14-18H,10H2,1-5H3. The second kappa shape index (κ2) is 8.12. The van der Waals surface area contributed by atoms with Crippen molar-refractivity contribution in [1.82, 2.24) is 5.01 Å². The van der Waals surface area contributed by atoms with Crippen molar-refractivity contribution in [3.8, 4) is 0 Å². The molecule has 174 valence electrons. The van der Waals surface area contributed by atoms with Crippen molar-refractivity contribution in [1.29, 1.82) is 0 Å². The summed E-state index contributed by atoms with van der Waals surface area (Å²) in [5.41, 5.74) is 0.298. The van der Waals surface area contributed by atoms with Crippen LogP contribution in [0.15, 0.2) is 34.6 Å². The van der Waals surface area contributed by atoms with Crippen molar-refractivity contribution in [3.63, 3.8) is 0 Å². The number of hydrogen-bond acceptors (Lipinski definition) is 10. The monoisotopic (exact) mass is 450 g/mol. The Bertz CT molecular complexity index is 919. The summed E-state index contributed by atoms with van der Waals surface area (Å²) >= 11 is 0. The molecule has 3 aliphatic rings. The molecule has 0 aromatic heterocycles. The lowest BCUT2D eigenvalue weighted by Crippen LogP contribution is -2.57. The van der Waals surface area contributed by atoms with E-state index in [4.69, 9.17) is 23.7 Å². The van der Waals surface area contributed by atoms with E-state index in [1.165, 1.54) is 31.2 Å². The Hall–Kier alpha value is -2.51. The van der Waals surface area contributed by atoms with Gasteiger partial charge in [0, 0.05) is 19.1 Å². The van der Waals surface area contributed by atoms with Crippen LogP contribution in [0.4, 0.5) is 11.4 Å². The Morgan fingerprint density at radius 1 is 1.03 bits per heavy atom. The number of nitrogens with zero attached hydrogens (tertiary/aromatic N) is 4. The number of non-ortho nitro benzene ring substituents is 1. The van der Waals surface area contributed by atoms with Gasteiger partial charge >= 0.3 is 0 Å². The number of hydrogen-bond donors (Lipinski definition) is 0. The predicted molar refractivity (Wildman–Crippen MR) is 108 cm³/mol. The van der Waals surface area contributed by atoms with E-state index >= 15 is 0 Å². The van der Waals surface area contributed by atoms with Crippen LogP contribution in [-0.4, -0.2) is 64.7 Å². The molecule has 0 spiro atoms. The lowest BCUT2D eigenvalue weighted by molar-refractivity contribution is -0.384. The Kier molecular flexibility index (Phi) is 5.75. The number of benzene rings is 1. The number of nitro groups is 1. The molecule has 4 rings (SSSR count). The van der Waals surface area contributed by atoms with Crippen LogP contribution < -0.4 is 0 Å². The minimum Gasteiger partial charge on any atom is -0.342 e. The minimum absolute atomic E-state index is 0.0411. The van der Waals surface area contributed by atoms with E-state index in [9.17, 15) is 14.9 Å². The van der Waals surface area contributed by atoms with Gasteiger partial charge in [0.2, 0.25) is 5.91 Å². The first-order valence-corrected chi connectivity index (χ1v) is 10.2. The molecule has 5 atom stereocenters. The van der Waals surface area contributed by atoms with Crippen LogP contribution in [0, 0.1) is 10.1 Å². The molecular weight excluding hydrogens is 424 g/mol. The molecule has 12 heteroatoms. The fraction of sp³-hybridized carbons (Fsp3) is 0.650. The third-order valence-electron chi connectivity index (χ3n) is 5.30. The van der Waals surface area contributed by atoms with E-state index in [-0.39, 0.29) is 18.1 Å². The number of carbonyl (C=O) groups excluding carboxylic acids is 1. The summed E-state index contributed by atoms with van der Waals surface area (Å²) in [6, 6.07) is 5.51. The van der Waals surface area contributed by atoms with E-state index in [0.29, 0.717) is 5.69 Å². The zero-order chi connectivity index (χ0) is 23.3. The molecular formula is C20H26N4O8. The van der Waals surface area contributed by atoms with Crippen LogP contribution >= 0.6 is 0 Å². The first-order valence-electron chi connectivity index (χ1n) is 10.2. The largest absolute Gasteiger partial charge is 0.342 e. The molecule has 1 aromatic rings. The third kappa shape index (κ3) is 4.64. The molecule has 32 heavy (non-hydrogen) atoms. The van der Waals surface area contributed by atoms with Crippen molar-refractivity contribution in [2.45, 2.75) is 76.9 Å². The van der Waals surface area contributed by atoms with Gasteiger partial charge in [0.15, 0.2) is 17.9 Å². The first-order chi connectivity index (χ1) is 14.9. The topological polar surface area (TPSA) is 134 Å². The molecule has 1 aromatic carbocycles. The summed E-state index contributed by atoms with van der Waals surface area (Å²) < 4.78 is 30.1. The van der Waals surface area contributed by atoms with Gasteiger partial charge in [-0.1, -0.05) is 5.22 Å². The molecule has 12 nitrogen and oxygen atoms in total. The van der Waals surface area contributed by atoms with Crippen LogP contribution in [0.1, 0.15) is 34.6 Å². The second-order valence-electron chi connectivity index (χ2n) is 8.77. The van der Waals surface area contributed by atoms with Gasteiger partial charge in [0.25, 0.3) is 5.69 Å². The van der Waals surface area contributed by atoms with Crippen LogP contribution in [-0.2, 0) is 28.5 Å². The summed E-state index contributed by atoms with van der Waals surface area (Å²) in [6.07, 6.45) is -2.73. The van der Waals surface area contributed by atoms with E-state index in [1.54, 1.807) is 27.7 Å². The number of fused-ring (bicyclic) bond motifs is 3. The average Bonchev–Trinajstić information content (AvgIpc) is 3.19. The van der Waals surface area contributed by atoms with Crippen molar-refractivity contribution in [3.05, 3.63) is 34.4 Å². The maximum Gasteiger partial charge on any atom is 0.269 e. The van der Waals surface area contributed by atoms with E-state index in [1.807, 2.05) is 0 Å². The van der Waals surface area contributed by atoms with Gasteiger partial charge in [-0.05, 0) is 39.8 Å². The normalized spacial score (nSPS) is 32.5. The highest BCUT2D eigenvalue weighted by Gasteiger charge is 2.60. The average molecular weight is 450 g/mol. The molecule has 3 fully saturated rings. The quantitative estimate of drug-likeness (QED) is 0.380. The zero-order valence-corrected chi connectivity index (χ0v) is 18.5. The Morgan fingerprint density at radius 2 is 1.62 bits per heavy atom. The molecule has 0 N–H and O–H groups in total. The third-order valence-corrected chi connectivity index (χ3v) is 5.30. The Balaban J connectivity index is 1.52. The molecule has 0 saturated carbocycles. The van der Waals surface area contributed by atoms with Gasteiger partial charge in [-0.25, -0.2) is 5.01 Å². The van der Waals surface area contributed by atoms with Crippen molar-refractivity contribution < 1.29 is 33.4 Å². The van der Waals surface area contributed by atoms with Crippen molar-refractivity contribution in [2.24, 2.45) is 10.3 Å². The maximum atomic E-state index is 12.2. The van der Waals surface area contributed by atoms with Gasteiger partial charge in [-0.3, -0.25) is 14.9 Å². The maximum absolute atomic E-state index is 12.2. The summed E-state index contributed by atoms with van der Waals surface area (Å²) in [6.45, 7) is 8.58. The summed E-state index contributed by atoms with van der Waals surface area (Å²) in [5, 5.41) is 20.0. The molecule has 3 aliphatic heterocycles. The number of amides is 1. The van der Waals surface area contributed by atoms with Crippen LogP contribution in [0.5, 0.6) is 0 Å². The second-order valence-corrected chi connectivity index (χ2v) is 8.77. The molecule has 0 radical (unpaired) electrons. The van der Waals surface area contributed by atoms with E-state index < -0.39 is 47.2 Å². The van der Waals surface area contributed by atoms with E-state index in [2.05, 4.69) is 10.3 Å². The highest BCUT2D eigenvalue weighted by Crippen LogP contribution is 2.44. The fourth-order valence-electron chi connectivity index (χ4n) is 3.99. The van der Waals surface area contributed by atoms with Gasteiger partial charge in [-0.2, -0.15) is 0 Å². The molecule has 3 saturated heterocycles. The lowest BCUT2D eigenvalue weighted by atomic mass is 9.99. The van der Waals surface area contributed by atoms with Gasteiger partial charge in [0.05, 0.1) is 17.2 Å². The van der Waals surface area contributed by atoms with Crippen LogP contribution in [0.3, 0.4) is 0 Å². The zero-order valence-electron chi connectivity index (χ0n) is 18.5. The SMILES string of the molecule is CC(=O)N(CC1OC2OC(C)(C)OC2C2OC(C)(C)OC12)N=Nc1ccc([N+](=O)[O-])cc1. The predicted octanol–water partition coefficient (Wildman–Crippen LogP) is 2.84. The van der Waals surface area contributed by atoms with Gasteiger partial charge in [-0.15, -0.1) is 5.11 Å². The fourth-order valence-corrected chi connectivity index (χ4v) is 3.99. The molecule has 3 heterocycles.